The zero-order valence-corrected chi connectivity index (χ0v) is 20.6. The SMILES string of the molecule is O=C(Nc1ccc(C(=O)Nc2cccc(C(=O)Nc3cccnc3)c2)cc1)Nc1ccc(Cl)c(C(F)(F)F)c1. The smallest absolute Gasteiger partial charge is 0.322 e. The van der Waals surface area contributed by atoms with Crippen LogP contribution in [0.4, 0.5) is 40.7 Å². The van der Waals surface area contributed by atoms with E-state index in [1.165, 1.54) is 42.6 Å². The first-order valence-electron chi connectivity index (χ1n) is 11.3. The number of anilines is 4. The number of benzene rings is 3. The number of carbonyl (C=O) groups is 3. The first-order chi connectivity index (χ1) is 18.6. The molecule has 4 N–H and O–H groups in total. The number of urea groups is 1. The molecule has 1 heterocycles. The van der Waals surface area contributed by atoms with E-state index in [-0.39, 0.29) is 17.2 Å². The molecule has 0 unspecified atom stereocenters. The molecule has 0 bridgehead atoms. The summed E-state index contributed by atoms with van der Waals surface area (Å²) in [5, 5.41) is 9.70. The van der Waals surface area contributed by atoms with Crippen molar-refractivity contribution in [2.24, 2.45) is 0 Å². The number of nitrogens with zero attached hydrogens (tertiary/aromatic N) is 1. The van der Waals surface area contributed by atoms with Crippen molar-refractivity contribution in [2.75, 3.05) is 21.3 Å². The summed E-state index contributed by atoms with van der Waals surface area (Å²) >= 11 is 5.59. The molecule has 0 fully saturated rings. The number of carbonyl (C=O) groups excluding carboxylic acids is 3. The molecule has 0 saturated heterocycles. The largest absolute Gasteiger partial charge is 0.417 e. The number of hydrogen-bond acceptors (Lipinski definition) is 4. The van der Waals surface area contributed by atoms with Crippen molar-refractivity contribution in [3.63, 3.8) is 0 Å². The summed E-state index contributed by atoms with van der Waals surface area (Å²) in [6, 6.07) is 17.8. The molecule has 198 valence electrons. The molecule has 12 heteroatoms. The van der Waals surface area contributed by atoms with Crippen LogP contribution in [0.1, 0.15) is 26.3 Å². The van der Waals surface area contributed by atoms with E-state index in [2.05, 4.69) is 26.3 Å². The number of pyridine rings is 1. The molecule has 0 aliphatic carbocycles. The average Bonchev–Trinajstić information content (AvgIpc) is 2.90. The predicted molar refractivity (Wildman–Crippen MR) is 142 cm³/mol. The Balaban J connectivity index is 1.35. The summed E-state index contributed by atoms with van der Waals surface area (Å²) in [5.74, 6) is -0.835. The van der Waals surface area contributed by atoms with Gasteiger partial charge in [-0.2, -0.15) is 13.2 Å². The van der Waals surface area contributed by atoms with Crippen LogP contribution in [0.25, 0.3) is 0 Å². The maximum atomic E-state index is 13.0. The van der Waals surface area contributed by atoms with Crippen molar-refractivity contribution in [2.45, 2.75) is 6.18 Å². The second kappa shape index (κ2) is 11.7. The second-order valence-corrected chi connectivity index (χ2v) is 8.49. The fourth-order valence-corrected chi connectivity index (χ4v) is 3.62. The van der Waals surface area contributed by atoms with Crippen LogP contribution >= 0.6 is 11.6 Å². The minimum absolute atomic E-state index is 0.100. The van der Waals surface area contributed by atoms with Gasteiger partial charge in [-0.05, 0) is 72.8 Å². The van der Waals surface area contributed by atoms with Crippen LogP contribution in [0, 0.1) is 0 Å². The molecular formula is C27H19ClF3N5O3. The first-order valence-corrected chi connectivity index (χ1v) is 11.6. The van der Waals surface area contributed by atoms with Crippen molar-refractivity contribution in [3.05, 3.63) is 113 Å². The summed E-state index contributed by atoms with van der Waals surface area (Å²) < 4.78 is 39.1. The summed E-state index contributed by atoms with van der Waals surface area (Å²) in [6.07, 6.45) is -1.58. The van der Waals surface area contributed by atoms with E-state index >= 15 is 0 Å². The van der Waals surface area contributed by atoms with Crippen molar-refractivity contribution in [1.82, 2.24) is 4.98 Å². The third-order valence-corrected chi connectivity index (χ3v) is 5.57. The molecule has 0 spiro atoms. The van der Waals surface area contributed by atoms with Gasteiger partial charge in [-0.3, -0.25) is 14.6 Å². The third-order valence-electron chi connectivity index (χ3n) is 5.24. The molecule has 3 aromatic carbocycles. The molecule has 0 aliphatic heterocycles. The van der Waals surface area contributed by atoms with Crippen LogP contribution in [0.5, 0.6) is 0 Å². The van der Waals surface area contributed by atoms with Gasteiger partial charge in [0.05, 0.1) is 22.5 Å². The van der Waals surface area contributed by atoms with Gasteiger partial charge in [-0.1, -0.05) is 17.7 Å². The maximum Gasteiger partial charge on any atom is 0.417 e. The van der Waals surface area contributed by atoms with E-state index in [0.29, 0.717) is 22.6 Å². The van der Waals surface area contributed by atoms with Gasteiger partial charge in [-0.25, -0.2) is 4.79 Å². The zero-order valence-electron chi connectivity index (χ0n) is 19.8. The minimum Gasteiger partial charge on any atom is -0.322 e. The van der Waals surface area contributed by atoms with Gasteiger partial charge in [0, 0.05) is 34.4 Å². The summed E-state index contributed by atoms with van der Waals surface area (Å²) in [7, 11) is 0. The van der Waals surface area contributed by atoms with E-state index in [4.69, 9.17) is 11.6 Å². The Morgan fingerprint density at radius 3 is 1.97 bits per heavy atom. The van der Waals surface area contributed by atoms with Crippen LogP contribution < -0.4 is 21.3 Å². The molecule has 8 nitrogen and oxygen atoms in total. The van der Waals surface area contributed by atoms with Crippen LogP contribution in [-0.4, -0.2) is 22.8 Å². The molecule has 4 amide bonds. The number of nitrogens with one attached hydrogen (secondary N) is 4. The number of alkyl halides is 3. The average molecular weight is 554 g/mol. The summed E-state index contributed by atoms with van der Waals surface area (Å²) in [6.45, 7) is 0. The van der Waals surface area contributed by atoms with Gasteiger partial charge in [0.15, 0.2) is 0 Å². The standard InChI is InChI=1S/C27H19ClF3N5O3/c28-23-11-10-20(14-22(23)27(29,30)31)36-26(39)35-18-8-6-16(7-9-18)24(37)33-19-4-1-3-17(13-19)25(38)34-21-5-2-12-32-15-21/h1-15H,(H,33,37)(H,34,38)(H2,35,36,39). The van der Waals surface area contributed by atoms with Crippen molar-refractivity contribution in [1.29, 1.82) is 0 Å². The predicted octanol–water partition coefficient (Wildman–Crippen LogP) is 6.90. The highest BCUT2D eigenvalue weighted by molar-refractivity contribution is 6.31. The summed E-state index contributed by atoms with van der Waals surface area (Å²) in [4.78, 5) is 41.3. The minimum atomic E-state index is -4.67. The molecule has 0 atom stereocenters. The molecule has 1 aromatic heterocycles. The van der Waals surface area contributed by atoms with Crippen molar-refractivity contribution in [3.8, 4) is 0 Å². The molecule has 4 rings (SSSR count). The van der Waals surface area contributed by atoms with E-state index in [1.54, 1.807) is 36.5 Å². The van der Waals surface area contributed by atoms with E-state index in [1.807, 2.05) is 0 Å². The summed E-state index contributed by atoms with van der Waals surface area (Å²) in [5.41, 5.74) is 0.626. The topological polar surface area (TPSA) is 112 Å². The van der Waals surface area contributed by atoms with Gasteiger partial charge in [0.25, 0.3) is 11.8 Å². The van der Waals surface area contributed by atoms with Crippen molar-refractivity contribution >= 4 is 52.2 Å². The van der Waals surface area contributed by atoms with E-state index in [9.17, 15) is 27.6 Å². The van der Waals surface area contributed by atoms with Gasteiger partial charge in [0.2, 0.25) is 0 Å². The highest BCUT2D eigenvalue weighted by Crippen LogP contribution is 2.36. The molecule has 0 saturated carbocycles. The third kappa shape index (κ3) is 7.33. The lowest BCUT2D eigenvalue weighted by Crippen LogP contribution is -2.20. The van der Waals surface area contributed by atoms with Crippen LogP contribution in [0.2, 0.25) is 5.02 Å². The number of rotatable bonds is 6. The molecular weight excluding hydrogens is 535 g/mol. The van der Waals surface area contributed by atoms with Gasteiger partial charge < -0.3 is 21.3 Å². The van der Waals surface area contributed by atoms with Crippen LogP contribution in [0.3, 0.4) is 0 Å². The number of hydrogen-bond donors (Lipinski definition) is 4. The molecule has 4 aromatic rings. The normalized spacial score (nSPS) is 10.9. The first kappa shape index (κ1) is 27.1. The quantitative estimate of drug-likeness (QED) is 0.208. The zero-order chi connectivity index (χ0) is 28.0. The monoisotopic (exact) mass is 553 g/mol. The highest BCUT2D eigenvalue weighted by atomic mass is 35.5. The maximum absolute atomic E-state index is 13.0. The lowest BCUT2D eigenvalue weighted by atomic mass is 10.1. The lowest BCUT2D eigenvalue weighted by molar-refractivity contribution is -0.137. The lowest BCUT2D eigenvalue weighted by Gasteiger charge is -2.12. The van der Waals surface area contributed by atoms with Crippen LogP contribution in [-0.2, 0) is 6.18 Å². The van der Waals surface area contributed by atoms with Crippen molar-refractivity contribution < 1.29 is 27.6 Å². The number of amides is 4. The van der Waals surface area contributed by atoms with Gasteiger partial charge in [0.1, 0.15) is 0 Å². The van der Waals surface area contributed by atoms with Gasteiger partial charge >= 0.3 is 12.2 Å². The Morgan fingerprint density at radius 1 is 0.667 bits per heavy atom. The fraction of sp³-hybridized carbons (Fsp3) is 0.0370. The Morgan fingerprint density at radius 2 is 1.28 bits per heavy atom. The molecule has 39 heavy (non-hydrogen) atoms. The second-order valence-electron chi connectivity index (χ2n) is 8.08. The van der Waals surface area contributed by atoms with E-state index < -0.39 is 28.7 Å². The van der Waals surface area contributed by atoms with Crippen LogP contribution in [0.15, 0.2) is 91.3 Å². The number of halogens is 4. The highest BCUT2D eigenvalue weighted by Gasteiger charge is 2.33. The van der Waals surface area contributed by atoms with E-state index in [0.717, 1.165) is 12.1 Å². The van der Waals surface area contributed by atoms with Gasteiger partial charge in [-0.15, -0.1) is 0 Å². The Bertz CT molecular complexity index is 1510. The molecule has 0 aliphatic rings. The Hall–Kier alpha value is -4.90. The molecule has 0 radical (unpaired) electrons. The fourth-order valence-electron chi connectivity index (χ4n) is 3.40. The Labute approximate surface area is 225 Å². The number of aromatic nitrogens is 1. The Kier molecular flexibility index (Phi) is 8.11.